The van der Waals surface area contributed by atoms with Crippen LogP contribution in [-0.4, -0.2) is 11.1 Å². The molecule has 1 aliphatic carbocycles. The van der Waals surface area contributed by atoms with E-state index in [1.165, 1.54) is 0 Å². The van der Waals surface area contributed by atoms with Gasteiger partial charge in [-0.1, -0.05) is 19.1 Å². The Kier molecular flexibility index (Phi) is 1.56. The highest BCUT2D eigenvalue weighted by Gasteiger charge is 2.20. The Labute approximate surface area is 54.2 Å². The van der Waals surface area contributed by atoms with Crippen LogP contribution < -0.4 is 0 Å². The molecule has 1 rings (SSSR count). The molecule has 2 heteroatoms. The van der Waals surface area contributed by atoms with Crippen LogP contribution >= 0.6 is 0 Å². The van der Waals surface area contributed by atoms with E-state index in [0.717, 1.165) is 6.42 Å². The van der Waals surface area contributed by atoms with Crippen molar-refractivity contribution in [3.8, 4) is 0 Å². The van der Waals surface area contributed by atoms with E-state index >= 15 is 0 Å². The van der Waals surface area contributed by atoms with Gasteiger partial charge in [0, 0.05) is 0 Å². The Hall–Kier alpha value is -0.790. The lowest BCUT2D eigenvalue weighted by Crippen LogP contribution is -2.08. The van der Waals surface area contributed by atoms with Crippen LogP contribution in [0.5, 0.6) is 0 Å². The first-order valence-corrected chi connectivity index (χ1v) is 3.11. The van der Waals surface area contributed by atoms with Gasteiger partial charge in [-0.3, -0.25) is 4.79 Å². The lowest BCUT2D eigenvalue weighted by atomic mass is 10.1. The van der Waals surface area contributed by atoms with Crippen molar-refractivity contribution in [1.29, 1.82) is 0 Å². The number of rotatable bonds is 1. The quantitative estimate of drug-likeness (QED) is 0.537. The lowest BCUT2D eigenvalue weighted by molar-refractivity contribution is -0.140. The number of hydrogen-bond acceptors (Lipinski definition) is 1. The van der Waals surface area contributed by atoms with Gasteiger partial charge in [-0.15, -0.1) is 0 Å². The van der Waals surface area contributed by atoms with E-state index < -0.39 is 5.97 Å². The van der Waals surface area contributed by atoms with Gasteiger partial charge in [0.1, 0.15) is 0 Å². The first kappa shape index (κ1) is 6.33. The molecule has 0 aromatic rings. The summed E-state index contributed by atoms with van der Waals surface area (Å²) in [7, 11) is 0. The molecule has 0 fully saturated rings. The topological polar surface area (TPSA) is 37.3 Å². The van der Waals surface area contributed by atoms with Crippen molar-refractivity contribution in [2.45, 2.75) is 13.3 Å². The van der Waals surface area contributed by atoms with Crippen LogP contribution in [0.1, 0.15) is 13.3 Å². The maximum Gasteiger partial charge on any atom is 0.310 e. The van der Waals surface area contributed by atoms with Gasteiger partial charge < -0.3 is 5.11 Å². The molecule has 50 valence electrons. The van der Waals surface area contributed by atoms with Gasteiger partial charge in [0.15, 0.2) is 0 Å². The highest BCUT2D eigenvalue weighted by atomic mass is 16.4. The van der Waals surface area contributed by atoms with Crippen molar-refractivity contribution in [2.24, 2.45) is 11.8 Å². The molecule has 0 saturated heterocycles. The molecule has 0 amide bonds. The van der Waals surface area contributed by atoms with Gasteiger partial charge in [0.05, 0.1) is 5.92 Å². The molecule has 1 aliphatic rings. The standard InChI is InChI=1S/C7H10O2/c1-5-2-3-6(4-5)7(8)9/h2-3,5-6H,4H2,1H3,(H,8,9)/t5-,6-/m0/s1. The minimum absolute atomic E-state index is 0.222. The van der Waals surface area contributed by atoms with E-state index in [1.54, 1.807) is 6.08 Å². The molecule has 1 N–H and O–H groups in total. The third-order valence-electron chi connectivity index (χ3n) is 1.61. The SMILES string of the molecule is C[C@H]1C=C[C@H](C(=O)O)C1. The van der Waals surface area contributed by atoms with E-state index in [0.29, 0.717) is 5.92 Å². The van der Waals surface area contributed by atoms with E-state index in [2.05, 4.69) is 0 Å². The van der Waals surface area contributed by atoms with Crippen LogP contribution in [-0.2, 0) is 4.79 Å². The minimum Gasteiger partial charge on any atom is -0.481 e. The van der Waals surface area contributed by atoms with Gasteiger partial charge in [-0.2, -0.15) is 0 Å². The van der Waals surface area contributed by atoms with Crippen LogP contribution in [0, 0.1) is 11.8 Å². The van der Waals surface area contributed by atoms with E-state index in [-0.39, 0.29) is 5.92 Å². The Balaban J connectivity index is 2.50. The number of carbonyl (C=O) groups is 1. The van der Waals surface area contributed by atoms with Gasteiger partial charge >= 0.3 is 5.97 Å². The zero-order valence-electron chi connectivity index (χ0n) is 5.37. The first-order valence-electron chi connectivity index (χ1n) is 3.11. The maximum absolute atomic E-state index is 10.3. The Morgan fingerprint density at radius 1 is 1.67 bits per heavy atom. The maximum atomic E-state index is 10.3. The predicted octanol–water partition coefficient (Wildman–Crippen LogP) is 1.28. The third kappa shape index (κ3) is 1.31. The molecule has 0 spiro atoms. The molecule has 2 nitrogen and oxygen atoms in total. The summed E-state index contributed by atoms with van der Waals surface area (Å²) in [5.41, 5.74) is 0. The highest BCUT2D eigenvalue weighted by Crippen LogP contribution is 2.22. The summed E-state index contributed by atoms with van der Waals surface area (Å²) in [6.07, 6.45) is 4.50. The summed E-state index contributed by atoms with van der Waals surface area (Å²) in [5.74, 6) is -0.471. The summed E-state index contributed by atoms with van der Waals surface area (Å²) in [4.78, 5) is 10.3. The van der Waals surface area contributed by atoms with Crippen LogP contribution in [0.4, 0.5) is 0 Å². The van der Waals surface area contributed by atoms with E-state index in [4.69, 9.17) is 5.11 Å². The molecule has 0 unspecified atom stereocenters. The second kappa shape index (κ2) is 2.21. The molecule has 0 aromatic carbocycles. The first-order chi connectivity index (χ1) is 4.20. The molecule has 0 aromatic heterocycles. The summed E-state index contributed by atoms with van der Waals surface area (Å²) >= 11 is 0. The van der Waals surface area contributed by atoms with E-state index in [9.17, 15) is 4.79 Å². The number of carboxylic acid groups (broad SMARTS) is 1. The fourth-order valence-corrected chi connectivity index (χ4v) is 1.06. The summed E-state index contributed by atoms with van der Waals surface area (Å²) in [6.45, 7) is 2.03. The Morgan fingerprint density at radius 3 is 2.56 bits per heavy atom. The monoisotopic (exact) mass is 126 g/mol. The minimum atomic E-state index is -0.699. The summed E-state index contributed by atoms with van der Waals surface area (Å²) in [5, 5.41) is 8.48. The zero-order chi connectivity index (χ0) is 6.85. The van der Waals surface area contributed by atoms with Gasteiger partial charge in [-0.25, -0.2) is 0 Å². The van der Waals surface area contributed by atoms with Crippen molar-refractivity contribution in [3.05, 3.63) is 12.2 Å². The van der Waals surface area contributed by atoms with Gasteiger partial charge in [0.25, 0.3) is 0 Å². The van der Waals surface area contributed by atoms with Crippen LogP contribution in [0.3, 0.4) is 0 Å². The fourth-order valence-electron chi connectivity index (χ4n) is 1.06. The van der Waals surface area contributed by atoms with Crippen molar-refractivity contribution in [2.75, 3.05) is 0 Å². The molecular weight excluding hydrogens is 116 g/mol. The molecule has 0 bridgehead atoms. The predicted molar refractivity (Wildman–Crippen MR) is 34.0 cm³/mol. The van der Waals surface area contributed by atoms with Crippen LogP contribution in [0.25, 0.3) is 0 Å². The molecule has 2 atom stereocenters. The van der Waals surface area contributed by atoms with E-state index in [1.807, 2.05) is 13.0 Å². The number of allylic oxidation sites excluding steroid dienone is 1. The molecule has 0 heterocycles. The van der Waals surface area contributed by atoms with Crippen molar-refractivity contribution < 1.29 is 9.90 Å². The zero-order valence-corrected chi connectivity index (χ0v) is 5.37. The second-order valence-corrected chi connectivity index (χ2v) is 2.54. The van der Waals surface area contributed by atoms with Crippen molar-refractivity contribution >= 4 is 5.97 Å². The molecule has 0 aliphatic heterocycles. The number of carboxylic acids is 1. The molecule has 9 heavy (non-hydrogen) atoms. The van der Waals surface area contributed by atoms with Crippen molar-refractivity contribution in [3.63, 3.8) is 0 Å². The average molecular weight is 126 g/mol. The molecule has 0 radical (unpaired) electrons. The smallest absolute Gasteiger partial charge is 0.310 e. The van der Waals surface area contributed by atoms with Crippen LogP contribution in [0.2, 0.25) is 0 Å². The van der Waals surface area contributed by atoms with Crippen LogP contribution in [0.15, 0.2) is 12.2 Å². The number of hydrogen-bond donors (Lipinski definition) is 1. The number of aliphatic carboxylic acids is 1. The normalized spacial score (nSPS) is 33.0. The average Bonchev–Trinajstić information content (AvgIpc) is 2.14. The Bertz CT molecular complexity index is 149. The lowest BCUT2D eigenvalue weighted by Gasteiger charge is -2.00. The Morgan fingerprint density at radius 2 is 2.33 bits per heavy atom. The van der Waals surface area contributed by atoms with Crippen molar-refractivity contribution in [1.82, 2.24) is 0 Å². The largest absolute Gasteiger partial charge is 0.481 e. The van der Waals surface area contributed by atoms with Gasteiger partial charge in [-0.05, 0) is 12.3 Å². The fraction of sp³-hybridized carbons (Fsp3) is 0.571. The summed E-state index contributed by atoms with van der Waals surface area (Å²) in [6, 6.07) is 0. The molecule has 0 saturated carbocycles. The molecular formula is C7H10O2. The van der Waals surface area contributed by atoms with Gasteiger partial charge in [0.2, 0.25) is 0 Å². The second-order valence-electron chi connectivity index (χ2n) is 2.54. The summed E-state index contributed by atoms with van der Waals surface area (Å²) < 4.78 is 0. The highest BCUT2D eigenvalue weighted by molar-refractivity contribution is 5.72. The third-order valence-corrected chi connectivity index (χ3v) is 1.61.